The summed E-state index contributed by atoms with van der Waals surface area (Å²) in [6.07, 6.45) is 0. The van der Waals surface area contributed by atoms with Gasteiger partial charge in [-0.25, -0.2) is 4.39 Å². The number of hydrogen-bond acceptors (Lipinski definition) is 1. The molecule has 0 radical (unpaired) electrons. The van der Waals surface area contributed by atoms with Crippen molar-refractivity contribution in [3.8, 4) is 0 Å². The minimum atomic E-state index is -0.603. The molecular weight excluding hydrogens is 342 g/mol. The molecule has 2 aromatic carbocycles. The number of carbonyl (C=O) groups excluding carboxylic acids is 1. The van der Waals surface area contributed by atoms with Gasteiger partial charge < -0.3 is 0 Å². The Morgan fingerprint density at radius 2 is 1.83 bits per heavy atom. The molecule has 0 heterocycles. The summed E-state index contributed by atoms with van der Waals surface area (Å²) >= 11 is 14.7. The first-order valence-corrected chi connectivity index (χ1v) is 6.49. The fraction of sp³-hybridized carbons (Fsp3) is 0. The lowest BCUT2D eigenvalue weighted by Gasteiger charge is -2.06. The first kappa shape index (κ1) is 13.5. The maximum Gasteiger partial charge on any atom is 0.197 e. The minimum absolute atomic E-state index is 0.0337. The number of hydrogen-bond donors (Lipinski definition) is 0. The van der Waals surface area contributed by atoms with Crippen molar-refractivity contribution in [2.24, 2.45) is 0 Å². The minimum Gasteiger partial charge on any atom is -0.288 e. The van der Waals surface area contributed by atoms with Gasteiger partial charge in [-0.1, -0.05) is 29.3 Å². The van der Waals surface area contributed by atoms with Gasteiger partial charge in [0, 0.05) is 10.6 Å². The molecule has 18 heavy (non-hydrogen) atoms. The number of carbonyl (C=O) groups is 1. The molecule has 0 N–H and O–H groups in total. The SMILES string of the molecule is O=C(c1ccc(Cl)cc1Cl)c1cccc(Br)c1F. The molecule has 0 aliphatic heterocycles. The molecule has 0 fully saturated rings. The molecule has 1 nitrogen and oxygen atoms in total. The van der Waals surface area contributed by atoms with Crippen LogP contribution in [0.5, 0.6) is 0 Å². The zero-order valence-corrected chi connectivity index (χ0v) is 12.0. The van der Waals surface area contributed by atoms with Gasteiger partial charge in [0.15, 0.2) is 5.78 Å². The van der Waals surface area contributed by atoms with E-state index in [0.717, 1.165) is 0 Å². The number of benzene rings is 2. The topological polar surface area (TPSA) is 17.1 Å². The molecular formula is C13H6BrCl2FO. The third-order valence-electron chi connectivity index (χ3n) is 2.37. The summed E-state index contributed by atoms with van der Waals surface area (Å²) in [6.45, 7) is 0. The van der Waals surface area contributed by atoms with Crippen LogP contribution in [0.3, 0.4) is 0 Å². The predicted molar refractivity (Wildman–Crippen MR) is 74.0 cm³/mol. The van der Waals surface area contributed by atoms with E-state index in [4.69, 9.17) is 23.2 Å². The van der Waals surface area contributed by atoms with Crippen molar-refractivity contribution in [3.05, 3.63) is 67.9 Å². The quantitative estimate of drug-likeness (QED) is 0.688. The van der Waals surface area contributed by atoms with Gasteiger partial charge in [-0.2, -0.15) is 0 Å². The summed E-state index contributed by atoms with van der Waals surface area (Å²) in [7, 11) is 0. The molecule has 0 aliphatic rings. The summed E-state index contributed by atoms with van der Waals surface area (Å²) in [5.41, 5.74) is 0.187. The van der Waals surface area contributed by atoms with E-state index >= 15 is 0 Å². The summed E-state index contributed by atoms with van der Waals surface area (Å²) in [5, 5.41) is 0.623. The van der Waals surface area contributed by atoms with E-state index in [1.54, 1.807) is 6.07 Å². The Morgan fingerprint density at radius 3 is 2.50 bits per heavy atom. The van der Waals surface area contributed by atoms with Crippen molar-refractivity contribution in [1.82, 2.24) is 0 Å². The van der Waals surface area contributed by atoms with Crippen LogP contribution >= 0.6 is 39.1 Å². The van der Waals surface area contributed by atoms with Gasteiger partial charge in [-0.3, -0.25) is 4.79 Å². The molecule has 0 amide bonds. The lowest BCUT2D eigenvalue weighted by molar-refractivity contribution is 0.103. The molecule has 0 aromatic heterocycles. The van der Waals surface area contributed by atoms with E-state index in [-0.39, 0.29) is 20.6 Å². The second-order valence-corrected chi connectivity index (χ2v) is 5.25. The van der Waals surface area contributed by atoms with Crippen LogP contribution in [0.2, 0.25) is 10.0 Å². The molecule has 0 saturated carbocycles. The van der Waals surface area contributed by atoms with Crippen LogP contribution in [0, 0.1) is 5.82 Å². The molecule has 0 spiro atoms. The Bertz CT molecular complexity index is 628. The first-order chi connectivity index (χ1) is 8.50. The summed E-state index contributed by atoms with van der Waals surface area (Å²) in [5.74, 6) is -1.08. The fourth-order valence-corrected chi connectivity index (χ4v) is 2.36. The van der Waals surface area contributed by atoms with Crippen molar-refractivity contribution >= 4 is 44.9 Å². The average Bonchev–Trinajstić information content (AvgIpc) is 2.32. The maximum absolute atomic E-state index is 13.8. The van der Waals surface area contributed by atoms with E-state index in [0.29, 0.717) is 5.02 Å². The van der Waals surface area contributed by atoms with Crippen molar-refractivity contribution in [2.75, 3.05) is 0 Å². The van der Waals surface area contributed by atoms with Crippen LogP contribution < -0.4 is 0 Å². The Kier molecular flexibility index (Phi) is 4.05. The Balaban J connectivity index is 2.51. The van der Waals surface area contributed by atoms with Gasteiger partial charge >= 0.3 is 0 Å². The largest absolute Gasteiger partial charge is 0.288 e. The van der Waals surface area contributed by atoms with Crippen molar-refractivity contribution in [2.45, 2.75) is 0 Å². The highest BCUT2D eigenvalue weighted by Crippen LogP contribution is 2.26. The molecule has 0 unspecified atom stereocenters. The second kappa shape index (κ2) is 5.39. The van der Waals surface area contributed by atoms with Crippen LogP contribution in [0.1, 0.15) is 15.9 Å². The molecule has 0 saturated heterocycles. The highest BCUT2D eigenvalue weighted by Gasteiger charge is 2.18. The van der Waals surface area contributed by atoms with Gasteiger partial charge in [-0.05, 0) is 46.3 Å². The normalized spacial score (nSPS) is 10.4. The lowest BCUT2D eigenvalue weighted by atomic mass is 10.0. The van der Waals surface area contributed by atoms with E-state index in [1.807, 2.05) is 0 Å². The van der Waals surface area contributed by atoms with Gasteiger partial charge in [-0.15, -0.1) is 0 Å². The van der Waals surface area contributed by atoms with Crippen LogP contribution in [-0.2, 0) is 0 Å². The zero-order valence-electron chi connectivity index (χ0n) is 8.88. The van der Waals surface area contributed by atoms with Gasteiger partial charge in [0.05, 0.1) is 15.1 Å². The average molecular weight is 348 g/mol. The van der Waals surface area contributed by atoms with E-state index < -0.39 is 11.6 Å². The highest BCUT2D eigenvalue weighted by atomic mass is 79.9. The number of halogens is 4. The third kappa shape index (κ3) is 2.58. The lowest BCUT2D eigenvalue weighted by Crippen LogP contribution is -2.05. The van der Waals surface area contributed by atoms with Gasteiger partial charge in [0.2, 0.25) is 0 Å². The molecule has 0 atom stereocenters. The number of ketones is 1. The molecule has 2 aromatic rings. The Morgan fingerprint density at radius 1 is 1.11 bits per heavy atom. The Hall–Kier alpha value is -0.900. The third-order valence-corrected chi connectivity index (χ3v) is 3.53. The van der Waals surface area contributed by atoms with Crippen molar-refractivity contribution in [1.29, 1.82) is 0 Å². The smallest absolute Gasteiger partial charge is 0.197 e. The maximum atomic E-state index is 13.8. The first-order valence-electron chi connectivity index (χ1n) is 4.94. The van der Waals surface area contributed by atoms with Crippen molar-refractivity contribution < 1.29 is 9.18 Å². The van der Waals surface area contributed by atoms with Crippen LogP contribution in [0.4, 0.5) is 4.39 Å². The van der Waals surface area contributed by atoms with Crippen LogP contribution in [0.15, 0.2) is 40.9 Å². The predicted octanol–water partition coefficient (Wildman–Crippen LogP) is 5.13. The summed E-state index contributed by atoms with van der Waals surface area (Å²) in [6, 6.07) is 8.99. The van der Waals surface area contributed by atoms with Gasteiger partial charge in [0.25, 0.3) is 0 Å². The zero-order chi connectivity index (χ0) is 13.3. The van der Waals surface area contributed by atoms with E-state index in [1.165, 1.54) is 30.3 Å². The molecule has 0 aliphatic carbocycles. The molecule has 92 valence electrons. The second-order valence-electron chi connectivity index (χ2n) is 3.55. The molecule has 5 heteroatoms. The van der Waals surface area contributed by atoms with Crippen LogP contribution in [0.25, 0.3) is 0 Å². The molecule has 2 rings (SSSR count). The highest BCUT2D eigenvalue weighted by molar-refractivity contribution is 9.10. The Labute approximate surface area is 122 Å². The summed E-state index contributed by atoms with van der Waals surface area (Å²) in [4.78, 5) is 12.2. The molecule has 0 bridgehead atoms. The number of rotatable bonds is 2. The standard InChI is InChI=1S/C13H6BrCl2FO/c14-10-3-1-2-9(12(10)17)13(18)8-5-4-7(15)6-11(8)16/h1-6H. The van der Waals surface area contributed by atoms with E-state index in [2.05, 4.69) is 15.9 Å². The van der Waals surface area contributed by atoms with Gasteiger partial charge in [0.1, 0.15) is 5.82 Å². The van der Waals surface area contributed by atoms with Crippen molar-refractivity contribution in [3.63, 3.8) is 0 Å². The van der Waals surface area contributed by atoms with E-state index in [9.17, 15) is 9.18 Å². The fourth-order valence-electron chi connectivity index (χ4n) is 1.50. The monoisotopic (exact) mass is 346 g/mol. The summed E-state index contributed by atoms with van der Waals surface area (Å²) < 4.78 is 14.0. The van der Waals surface area contributed by atoms with Crippen LogP contribution in [-0.4, -0.2) is 5.78 Å².